The van der Waals surface area contributed by atoms with Crippen LogP contribution in [0.25, 0.3) is 0 Å². The highest BCUT2D eigenvalue weighted by Gasteiger charge is 2.21. The molecule has 1 saturated heterocycles. The summed E-state index contributed by atoms with van der Waals surface area (Å²) in [6.07, 6.45) is 2.17. The molecule has 1 amide bonds. The summed E-state index contributed by atoms with van der Waals surface area (Å²) >= 11 is 0. The highest BCUT2D eigenvalue weighted by Crippen LogP contribution is 2.07. The zero-order valence-electron chi connectivity index (χ0n) is 12.8. The van der Waals surface area contributed by atoms with Crippen molar-refractivity contribution in [2.24, 2.45) is 0 Å². The molecule has 0 aromatic heterocycles. The van der Waals surface area contributed by atoms with Gasteiger partial charge in [0.1, 0.15) is 0 Å². The van der Waals surface area contributed by atoms with E-state index in [-0.39, 0.29) is 5.91 Å². The molecule has 0 aliphatic carbocycles. The average molecular weight is 320 g/mol. The third-order valence-electron chi connectivity index (χ3n) is 3.13. The minimum Gasteiger partial charge on any atom is -0.478 e. The molecule has 1 aliphatic rings. The average Bonchev–Trinajstić information content (AvgIpc) is 2.92. The van der Waals surface area contributed by atoms with Crippen LogP contribution in [-0.4, -0.2) is 59.1 Å². The second-order valence-electron chi connectivity index (χ2n) is 5.10. The van der Waals surface area contributed by atoms with Gasteiger partial charge in [-0.2, -0.15) is 0 Å². The molecular weight excluding hydrogens is 300 g/mol. The first kappa shape index (κ1) is 18.4. The van der Waals surface area contributed by atoms with Crippen LogP contribution in [0.1, 0.15) is 16.8 Å². The Morgan fingerprint density at radius 1 is 1.13 bits per heavy atom. The minimum atomic E-state index is -1.26. The number of carboxylic acid groups (broad SMARTS) is 2. The SMILES string of the molecule is CN1CCC(NC(=O)c2ccccc2)C1.O=C(O)C=CC(=O)O. The Morgan fingerprint density at radius 2 is 1.70 bits per heavy atom. The van der Waals surface area contributed by atoms with Gasteiger partial charge in [0.25, 0.3) is 5.91 Å². The largest absolute Gasteiger partial charge is 0.478 e. The summed E-state index contributed by atoms with van der Waals surface area (Å²) in [5, 5.41) is 18.7. The van der Waals surface area contributed by atoms with Crippen molar-refractivity contribution in [3.8, 4) is 0 Å². The van der Waals surface area contributed by atoms with Gasteiger partial charge in [-0.15, -0.1) is 0 Å². The van der Waals surface area contributed by atoms with Crippen LogP contribution in [0.2, 0.25) is 0 Å². The number of amides is 1. The van der Waals surface area contributed by atoms with Crippen LogP contribution in [0, 0.1) is 0 Å². The lowest BCUT2D eigenvalue weighted by atomic mass is 10.2. The van der Waals surface area contributed by atoms with E-state index >= 15 is 0 Å². The quantitative estimate of drug-likeness (QED) is 0.710. The van der Waals surface area contributed by atoms with Crippen molar-refractivity contribution in [3.63, 3.8) is 0 Å². The smallest absolute Gasteiger partial charge is 0.328 e. The van der Waals surface area contributed by atoms with Crippen molar-refractivity contribution in [1.29, 1.82) is 0 Å². The number of nitrogens with one attached hydrogen (secondary N) is 1. The Kier molecular flexibility index (Phi) is 7.49. The van der Waals surface area contributed by atoms with Gasteiger partial charge in [0, 0.05) is 30.3 Å². The fourth-order valence-electron chi connectivity index (χ4n) is 2.05. The second kappa shape index (κ2) is 9.37. The predicted molar refractivity (Wildman–Crippen MR) is 84.2 cm³/mol. The maximum Gasteiger partial charge on any atom is 0.328 e. The van der Waals surface area contributed by atoms with Gasteiger partial charge >= 0.3 is 11.9 Å². The summed E-state index contributed by atoms with van der Waals surface area (Å²) < 4.78 is 0. The van der Waals surface area contributed by atoms with Crippen LogP contribution in [0.5, 0.6) is 0 Å². The van der Waals surface area contributed by atoms with E-state index in [1.165, 1.54) is 0 Å². The minimum absolute atomic E-state index is 0.0379. The van der Waals surface area contributed by atoms with Crippen molar-refractivity contribution < 1.29 is 24.6 Å². The Bertz CT molecular complexity index is 555. The molecule has 1 heterocycles. The molecule has 3 N–H and O–H groups in total. The highest BCUT2D eigenvalue weighted by atomic mass is 16.4. The first-order valence-electron chi connectivity index (χ1n) is 7.07. The summed E-state index contributed by atoms with van der Waals surface area (Å²) in [4.78, 5) is 33.1. The third-order valence-corrected chi connectivity index (χ3v) is 3.13. The first-order chi connectivity index (χ1) is 10.9. The fourth-order valence-corrected chi connectivity index (χ4v) is 2.05. The number of hydrogen-bond acceptors (Lipinski definition) is 4. The van der Waals surface area contributed by atoms with E-state index in [4.69, 9.17) is 10.2 Å². The zero-order chi connectivity index (χ0) is 17.2. The van der Waals surface area contributed by atoms with E-state index in [9.17, 15) is 14.4 Å². The summed E-state index contributed by atoms with van der Waals surface area (Å²) in [6, 6.07) is 9.68. The Labute approximate surface area is 134 Å². The molecule has 1 atom stereocenters. The van der Waals surface area contributed by atoms with E-state index in [0.29, 0.717) is 18.2 Å². The van der Waals surface area contributed by atoms with Crippen LogP contribution in [-0.2, 0) is 9.59 Å². The standard InChI is InChI=1S/C12H16N2O.C4H4O4/c1-14-8-7-11(9-14)13-12(15)10-5-3-2-4-6-10;5-3(6)1-2-4(7)8/h2-6,11H,7-9H2,1H3,(H,13,15);1-2H,(H,5,6)(H,7,8). The van der Waals surface area contributed by atoms with Crippen LogP contribution in [0.4, 0.5) is 0 Å². The van der Waals surface area contributed by atoms with Crippen molar-refractivity contribution in [2.45, 2.75) is 12.5 Å². The predicted octanol–water partition coefficient (Wildman–Crippen LogP) is 0.832. The third kappa shape index (κ3) is 7.77. The van der Waals surface area contributed by atoms with Crippen molar-refractivity contribution in [3.05, 3.63) is 48.0 Å². The van der Waals surface area contributed by atoms with Crippen molar-refractivity contribution in [2.75, 3.05) is 20.1 Å². The molecule has 124 valence electrons. The maximum atomic E-state index is 11.8. The van der Waals surface area contributed by atoms with E-state index in [1.807, 2.05) is 30.3 Å². The number of aliphatic carboxylic acids is 2. The summed E-state index contributed by atoms with van der Waals surface area (Å²) in [7, 11) is 2.08. The number of nitrogens with zero attached hydrogens (tertiary/aromatic N) is 1. The monoisotopic (exact) mass is 320 g/mol. The number of carbonyl (C=O) groups excluding carboxylic acids is 1. The number of carbonyl (C=O) groups is 3. The van der Waals surface area contributed by atoms with Crippen LogP contribution < -0.4 is 5.32 Å². The highest BCUT2D eigenvalue weighted by molar-refractivity contribution is 5.94. The zero-order valence-corrected chi connectivity index (χ0v) is 12.8. The van der Waals surface area contributed by atoms with Crippen molar-refractivity contribution in [1.82, 2.24) is 10.2 Å². The molecule has 0 radical (unpaired) electrons. The number of benzene rings is 1. The van der Waals surface area contributed by atoms with Gasteiger partial charge in [-0.25, -0.2) is 9.59 Å². The molecule has 1 fully saturated rings. The Balaban J connectivity index is 0.000000284. The molecule has 1 aromatic rings. The van der Waals surface area contributed by atoms with Gasteiger partial charge in [-0.3, -0.25) is 4.79 Å². The second-order valence-corrected chi connectivity index (χ2v) is 5.10. The maximum absolute atomic E-state index is 11.8. The lowest BCUT2D eigenvalue weighted by Crippen LogP contribution is -2.36. The topological polar surface area (TPSA) is 107 Å². The molecular formula is C16H20N2O5. The molecule has 1 aliphatic heterocycles. The summed E-state index contributed by atoms with van der Waals surface area (Å²) in [5.41, 5.74) is 0.743. The molecule has 1 unspecified atom stereocenters. The van der Waals surface area contributed by atoms with Crippen LogP contribution >= 0.6 is 0 Å². The van der Waals surface area contributed by atoms with E-state index < -0.39 is 11.9 Å². The van der Waals surface area contributed by atoms with Gasteiger partial charge in [0.2, 0.25) is 0 Å². The molecule has 2 rings (SSSR count). The normalized spacial score (nSPS) is 17.3. The summed E-state index contributed by atoms with van der Waals surface area (Å²) in [6.45, 7) is 2.03. The Morgan fingerprint density at radius 3 is 2.13 bits per heavy atom. The van der Waals surface area contributed by atoms with Gasteiger partial charge in [-0.05, 0) is 32.1 Å². The lowest BCUT2D eigenvalue weighted by molar-refractivity contribution is -0.134. The molecule has 0 bridgehead atoms. The fraction of sp³-hybridized carbons (Fsp3) is 0.312. The van der Waals surface area contributed by atoms with Crippen LogP contribution in [0.15, 0.2) is 42.5 Å². The molecule has 7 nitrogen and oxygen atoms in total. The van der Waals surface area contributed by atoms with E-state index in [1.54, 1.807) is 0 Å². The molecule has 0 saturated carbocycles. The number of carboxylic acids is 2. The van der Waals surface area contributed by atoms with E-state index in [0.717, 1.165) is 25.1 Å². The first-order valence-corrected chi connectivity index (χ1v) is 7.07. The van der Waals surface area contributed by atoms with Crippen LogP contribution in [0.3, 0.4) is 0 Å². The number of likely N-dealkylation sites (N-methyl/N-ethyl adjacent to an activating group) is 1. The van der Waals surface area contributed by atoms with Gasteiger partial charge in [-0.1, -0.05) is 18.2 Å². The molecule has 1 aromatic carbocycles. The molecule has 7 heteroatoms. The number of rotatable bonds is 4. The van der Waals surface area contributed by atoms with E-state index in [2.05, 4.69) is 17.3 Å². The Hall–Kier alpha value is -2.67. The number of hydrogen-bond donors (Lipinski definition) is 3. The van der Waals surface area contributed by atoms with Gasteiger partial charge < -0.3 is 20.4 Å². The molecule has 23 heavy (non-hydrogen) atoms. The number of likely N-dealkylation sites (tertiary alicyclic amines) is 1. The van der Waals surface area contributed by atoms with Gasteiger partial charge in [0.05, 0.1) is 0 Å². The molecule has 0 spiro atoms. The summed E-state index contributed by atoms with van der Waals surface area (Å²) in [5.74, 6) is -2.48. The lowest BCUT2D eigenvalue weighted by Gasteiger charge is -2.12. The van der Waals surface area contributed by atoms with Gasteiger partial charge in [0.15, 0.2) is 0 Å². The van der Waals surface area contributed by atoms with Crippen molar-refractivity contribution >= 4 is 17.8 Å².